The summed E-state index contributed by atoms with van der Waals surface area (Å²) in [7, 11) is -3.27. The fourth-order valence-corrected chi connectivity index (χ4v) is 3.37. The molecule has 0 saturated heterocycles. The summed E-state index contributed by atoms with van der Waals surface area (Å²) >= 11 is 0. The molecular formula is C15H24O4S. The summed E-state index contributed by atoms with van der Waals surface area (Å²) in [6.07, 6.45) is 0.220. The Balaban J connectivity index is 2.82. The van der Waals surface area contributed by atoms with E-state index in [9.17, 15) is 13.5 Å². The quantitative estimate of drug-likeness (QED) is 0.840. The highest BCUT2D eigenvalue weighted by Gasteiger charge is 2.20. The van der Waals surface area contributed by atoms with Gasteiger partial charge in [0.1, 0.15) is 5.75 Å². The molecule has 1 aromatic carbocycles. The van der Waals surface area contributed by atoms with Gasteiger partial charge in [0.15, 0.2) is 9.84 Å². The van der Waals surface area contributed by atoms with Crippen LogP contribution in [0, 0.1) is 0 Å². The largest absolute Gasteiger partial charge is 0.491 e. The van der Waals surface area contributed by atoms with Crippen molar-refractivity contribution < 1.29 is 18.3 Å². The average Bonchev–Trinajstić information content (AvgIpc) is 2.28. The highest BCUT2D eigenvalue weighted by atomic mass is 32.2. The molecule has 1 rings (SSSR count). The second-order valence-corrected chi connectivity index (χ2v) is 8.11. The third kappa shape index (κ3) is 6.39. The van der Waals surface area contributed by atoms with Gasteiger partial charge in [-0.1, -0.05) is 18.2 Å². The molecule has 0 unspecified atom stereocenters. The summed E-state index contributed by atoms with van der Waals surface area (Å²) in [4.78, 5) is 0. The zero-order valence-corrected chi connectivity index (χ0v) is 13.4. The molecule has 0 aliphatic rings. The number of benzene rings is 1. The summed E-state index contributed by atoms with van der Waals surface area (Å²) in [5.41, 5.74) is -0.307. The smallest absolute Gasteiger partial charge is 0.154 e. The second-order valence-electron chi connectivity index (χ2n) is 5.93. The van der Waals surface area contributed by atoms with Gasteiger partial charge < -0.3 is 9.84 Å². The van der Waals surface area contributed by atoms with Crippen molar-refractivity contribution in [1.82, 2.24) is 0 Å². The van der Waals surface area contributed by atoms with E-state index in [1.165, 1.54) is 0 Å². The number of aliphatic hydroxyl groups is 1. The zero-order chi connectivity index (χ0) is 15.4. The molecule has 0 heterocycles. The van der Waals surface area contributed by atoms with Crippen LogP contribution in [0.25, 0.3) is 0 Å². The normalized spacial score (nSPS) is 12.7. The molecule has 0 atom stereocenters. The molecule has 0 fully saturated rings. The molecular weight excluding hydrogens is 276 g/mol. The maximum atomic E-state index is 12.1. The van der Waals surface area contributed by atoms with E-state index in [2.05, 4.69) is 0 Å². The van der Waals surface area contributed by atoms with Crippen molar-refractivity contribution in [3.63, 3.8) is 0 Å². The Morgan fingerprint density at radius 1 is 1.25 bits per heavy atom. The minimum absolute atomic E-state index is 0.00442. The topological polar surface area (TPSA) is 63.6 Å². The van der Waals surface area contributed by atoms with Gasteiger partial charge in [0.2, 0.25) is 0 Å². The Kier molecular flexibility index (Phi) is 5.59. The number of sulfone groups is 1. The summed E-state index contributed by atoms with van der Waals surface area (Å²) in [6.45, 7) is 7.02. The summed E-state index contributed by atoms with van der Waals surface area (Å²) in [6, 6.07) is 7.17. The number of hydrogen-bond donors (Lipinski definition) is 1. The number of rotatable bonds is 7. The van der Waals surface area contributed by atoms with Crippen LogP contribution in [0.4, 0.5) is 0 Å². The van der Waals surface area contributed by atoms with Crippen molar-refractivity contribution in [2.75, 3.05) is 5.75 Å². The minimum atomic E-state index is -3.27. The Morgan fingerprint density at radius 3 is 2.40 bits per heavy atom. The van der Waals surface area contributed by atoms with Gasteiger partial charge in [-0.15, -0.1) is 0 Å². The molecule has 0 aliphatic carbocycles. The van der Waals surface area contributed by atoms with E-state index in [4.69, 9.17) is 4.74 Å². The molecule has 1 N–H and O–H groups in total. The fraction of sp³-hybridized carbons (Fsp3) is 0.600. The lowest BCUT2D eigenvalue weighted by atomic mass is 10.1. The first kappa shape index (κ1) is 17.0. The van der Waals surface area contributed by atoms with Gasteiger partial charge in [0.25, 0.3) is 0 Å². The maximum Gasteiger partial charge on any atom is 0.154 e. The van der Waals surface area contributed by atoms with E-state index < -0.39 is 15.4 Å². The minimum Gasteiger partial charge on any atom is -0.491 e. The lowest BCUT2D eigenvalue weighted by Crippen LogP contribution is -2.24. The Labute approximate surface area is 121 Å². The third-order valence-corrected chi connectivity index (χ3v) is 4.31. The van der Waals surface area contributed by atoms with Gasteiger partial charge in [-0.2, -0.15) is 0 Å². The SMILES string of the molecule is CC(C)Oc1ccccc1CS(=O)(=O)CCC(C)(C)O. The van der Waals surface area contributed by atoms with Gasteiger partial charge in [-0.05, 0) is 40.2 Å². The molecule has 0 aliphatic heterocycles. The molecule has 20 heavy (non-hydrogen) atoms. The van der Waals surface area contributed by atoms with Gasteiger partial charge in [0, 0.05) is 5.56 Å². The van der Waals surface area contributed by atoms with Gasteiger partial charge in [0.05, 0.1) is 23.2 Å². The van der Waals surface area contributed by atoms with Crippen LogP contribution in [0.2, 0.25) is 0 Å². The van der Waals surface area contributed by atoms with E-state index in [0.29, 0.717) is 11.3 Å². The summed E-state index contributed by atoms with van der Waals surface area (Å²) in [5.74, 6) is 0.507. The van der Waals surface area contributed by atoms with Crippen molar-refractivity contribution in [3.8, 4) is 5.75 Å². The predicted molar refractivity (Wildman–Crippen MR) is 80.6 cm³/mol. The predicted octanol–water partition coefficient (Wildman–Crippen LogP) is 2.55. The van der Waals surface area contributed by atoms with E-state index in [-0.39, 0.29) is 24.0 Å². The van der Waals surface area contributed by atoms with Crippen LogP contribution in [0.3, 0.4) is 0 Å². The van der Waals surface area contributed by atoms with Crippen LogP contribution in [0.1, 0.15) is 39.7 Å². The van der Waals surface area contributed by atoms with Crippen LogP contribution >= 0.6 is 0 Å². The van der Waals surface area contributed by atoms with Crippen molar-refractivity contribution in [3.05, 3.63) is 29.8 Å². The number of ether oxygens (including phenoxy) is 1. The lowest BCUT2D eigenvalue weighted by Gasteiger charge is -2.17. The monoisotopic (exact) mass is 300 g/mol. The van der Waals surface area contributed by atoms with E-state index >= 15 is 0 Å². The molecule has 0 saturated carbocycles. The zero-order valence-electron chi connectivity index (χ0n) is 12.6. The van der Waals surface area contributed by atoms with Gasteiger partial charge in [-0.3, -0.25) is 0 Å². The molecule has 1 aromatic rings. The van der Waals surface area contributed by atoms with Crippen LogP contribution in [0.5, 0.6) is 5.75 Å². The van der Waals surface area contributed by atoms with E-state index in [1.54, 1.807) is 32.0 Å². The Bertz CT molecular complexity index is 527. The van der Waals surface area contributed by atoms with E-state index in [0.717, 1.165) is 0 Å². The van der Waals surface area contributed by atoms with Crippen LogP contribution in [-0.4, -0.2) is 31.0 Å². The van der Waals surface area contributed by atoms with Crippen molar-refractivity contribution in [1.29, 1.82) is 0 Å². The maximum absolute atomic E-state index is 12.1. The molecule has 0 radical (unpaired) electrons. The molecule has 5 heteroatoms. The molecule has 0 bridgehead atoms. The van der Waals surface area contributed by atoms with Crippen LogP contribution < -0.4 is 4.74 Å². The van der Waals surface area contributed by atoms with Crippen LogP contribution in [-0.2, 0) is 15.6 Å². The Morgan fingerprint density at radius 2 is 1.85 bits per heavy atom. The first-order chi connectivity index (χ1) is 9.09. The lowest BCUT2D eigenvalue weighted by molar-refractivity contribution is 0.0772. The fourth-order valence-electron chi connectivity index (χ4n) is 1.71. The highest BCUT2D eigenvalue weighted by Crippen LogP contribution is 2.23. The van der Waals surface area contributed by atoms with Gasteiger partial charge in [-0.25, -0.2) is 8.42 Å². The van der Waals surface area contributed by atoms with Crippen molar-refractivity contribution in [2.45, 2.75) is 51.6 Å². The Hall–Kier alpha value is -1.07. The standard InChI is InChI=1S/C15H24O4S/c1-12(2)19-14-8-6-5-7-13(14)11-20(17,18)10-9-15(3,4)16/h5-8,12,16H,9-11H2,1-4H3. The molecule has 0 amide bonds. The summed E-state index contributed by atoms with van der Waals surface area (Å²) < 4.78 is 29.9. The first-order valence-electron chi connectivity index (χ1n) is 6.76. The molecule has 4 nitrogen and oxygen atoms in total. The van der Waals surface area contributed by atoms with Crippen molar-refractivity contribution >= 4 is 9.84 Å². The number of para-hydroxylation sites is 1. The van der Waals surface area contributed by atoms with Gasteiger partial charge >= 0.3 is 0 Å². The first-order valence-corrected chi connectivity index (χ1v) is 8.58. The number of hydrogen-bond acceptors (Lipinski definition) is 4. The third-order valence-electron chi connectivity index (χ3n) is 2.74. The highest BCUT2D eigenvalue weighted by molar-refractivity contribution is 7.90. The average molecular weight is 300 g/mol. The summed E-state index contributed by atoms with van der Waals surface area (Å²) in [5, 5.41) is 9.63. The molecule has 114 valence electrons. The second kappa shape index (κ2) is 6.59. The van der Waals surface area contributed by atoms with Crippen molar-refractivity contribution in [2.24, 2.45) is 0 Å². The molecule has 0 aromatic heterocycles. The molecule has 0 spiro atoms. The van der Waals surface area contributed by atoms with E-state index in [1.807, 2.05) is 19.9 Å². The van der Waals surface area contributed by atoms with Crippen LogP contribution in [0.15, 0.2) is 24.3 Å².